The molecule has 3 unspecified atom stereocenters. The molecule has 0 spiro atoms. The number of phosphoric acid groups is 1. The maximum atomic E-state index is 12.7. The quantitative estimate of drug-likeness (QED) is 0.0275. The van der Waals surface area contributed by atoms with Crippen LogP contribution in [0.5, 0.6) is 0 Å². The van der Waals surface area contributed by atoms with E-state index in [1.807, 2.05) is 21.1 Å². The van der Waals surface area contributed by atoms with Crippen LogP contribution in [0.2, 0.25) is 0 Å². The summed E-state index contributed by atoms with van der Waals surface area (Å²) in [5, 5.41) is 13.6. The van der Waals surface area contributed by atoms with Crippen molar-refractivity contribution in [2.45, 2.75) is 219 Å². The van der Waals surface area contributed by atoms with E-state index in [0.29, 0.717) is 23.9 Å². The number of aliphatic hydroxyl groups excluding tert-OH is 1. The van der Waals surface area contributed by atoms with E-state index in [-0.39, 0.29) is 19.1 Å². The van der Waals surface area contributed by atoms with E-state index in [4.69, 9.17) is 9.05 Å². The van der Waals surface area contributed by atoms with Crippen LogP contribution in [0.15, 0.2) is 36.5 Å². The highest BCUT2D eigenvalue weighted by molar-refractivity contribution is 7.45. The van der Waals surface area contributed by atoms with E-state index in [1.54, 1.807) is 0 Å². The van der Waals surface area contributed by atoms with Crippen molar-refractivity contribution in [3.63, 3.8) is 0 Å². The van der Waals surface area contributed by atoms with Gasteiger partial charge >= 0.3 is 0 Å². The van der Waals surface area contributed by atoms with E-state index >= 15 is 0 Å². The smallest absolute Gasteiger partial charge is 0.268 e. The van der Waals surface area contributed by atoms with Gasteiger partial charge in [-0.05, 0) is 51.4 Å². The Kier molecular flexibility index (Phi) is 38.3. The minimum absolute atomic E-state index is 0.0107. The first kappa shape index (κ1) is 54.7. The molecule has 0 aliphatic heterocycles. The summed E-state index contributed by atoms with van der Waals surface area (Å²) in [5.41, 5.74) is 0. The Bertz CT molecular complexity index is 1010. The molecule has 3 atom stereocenters. The number of phosphoric ester groups is 1. The Labute approximate surface area is 347 Å². The number of aliphatic hydroxyl groups is 1. The lowest BCUT2D eigenvalue weighted by atomic mass is 10.0. The zero-order valence-corrected chi connectivity index (χ0v) is 38.2. The van der Waals surface area contributed by atoms with Gasteiger partial charge in [0.2, 0.25) is 5.91 Å². The Morgan fingerprint density at radius 3 is 1.50 bits per heavy atom. The minimum Gasteiger partial charge on any atom is -0.756 e. The predicted molar refractivity (Wildman–Crippen MR) is 238 cm³/mol. The predicted octanol–water partition coefficient (Wildman–Crippen LogP) is 12.5. The number of carbonyl (C=O) groups is 1. The molecular weight excluding hydrogens is 719 g/mol. The summed E-state index contributed by atoms with van der Waals surface area (Å²) in [5.74, 6) is -0.177. The summed E-state index contributed by atoms with van der Waals surface area (Å²) < 4.78 is 22.9. The van der Waals surface area contributed by atoms with E-state index in [1.165, 1.54) is 128 Å². The highest BCUT2D eigenvalue weighted by Gasteiger charge is 2.24. The third-order valence-corrected chi connectivity index (χ3v) is 11.3. The van der Waals surface area contributed by atoms with Crippen molar-refractivity contribution in [2.75, 3.05) is 40.9 Å². The molecule has 8 nitrogen and oxygen atoms in total. The number of carbonyl (C=O) groups excluding carboxylic acids is 1. The Morgan fingerprint density at radius 1 is 0.625 bits per heavy atom. The first-order valence-corrected chi connectivity index (χ1v) is 24.8. The van der Waals surface area contributed by atoms with Crippen LogP contribution in [-0.2, 0) is 18.4 Å². The largest absolute Gasteiger partial charge is 0.756 e. The fourth-order valence-corrected chi connectivity index (χ4v) is 7.36. The van der Waals surface area contributed by atoms with Gasteiger partial charge in [-0.15, -0.1) is 0 Å². The number of quaternary nitrogens is 1. The minimum atomic E-state index is -4.54. The van der Waals surface area contributed by atoms with Crippen molar-refractivity contribution in [2.24, 2.45) is 0 Å². The Hall–Kier alpha value is -1.28. The molecule has 0 bridgehead atoms. The molecule has 0 aliphatic rings. The van der Waals surface area contributed by atoms with Crippen LogP contribution >= 0.6 is 7.82 Å². The molecule has 56 heavy (non-hydrogen) atoms. The van der Waals surface area contributed by atoms with Crippen molar-refractivity contribution in [3.8, 4) is 0 Å². The lowest BCUT2D eigenvalue weighted by molar-refractivity contribution is -0.870. The second kappa shape index (κ2) is 39.2. The number of allylic oxidation sites excluding steroid dienone is 6. The molecule has 0 fully saturated rings. The molecule has 0 aromatic heterocycles. The molecule has 0 aromatic carbocycles. The number of rotatable bonds is 42. The summed E-state index contributed by atoms with van der Waals surface area (Å²) >= 11 is 0. The van der Waals surface area contributed by atoms with Gasteiger partial charge < -0.3 is 28.8 Å². The average molecular weight is 811 g/mol. The summed E-state index contributed by atoms with van der Waals surface area (Å²) in [6.07, 6.45) is 48.3. The maximum Gasteiger partial charge on any atom is 0.268 e. The van der Waals surface area contributed by atoms with Crippen molar-refractivity contribution in [1.82, 2.24) is 5.32 Å². The van der Waals surface area contributed by atoms with Crippen LogP contribution in [0.3, 0.4) is 0 Å². The standard InChI is InChI=1S/C47H91N2O6P/c1-6-8-10-11-12-13-14-15-16-17-18-19-20-21-22-23-24-25-26-27-28-29-30-31-32-33-34-35-36-37-39-41-47(51)48-45(46(50)40-38-9-7-2)44-55-56(52,53)54-43-42-49(3,4)5/h14-15,17-18,20-21,45-46,50H,6-13,16,19,22-44H2,1-5H3,(H-,48,51,52,53)/b15-14-,18-17-,21-20-. The van der Waals surface area contributed by atoms with Gasteiger partial charge in [-0.25, -0.2) is 0 Å². The number of amides is 1. The monoisotopic (exact) mass is 811 g/mol. The van der Waals surface area contributed by atoms with Crippen LogP contribution in [0.1, 0.15) is 206 Å². The molecule has 0 rings (SSSR count). The van der Waals surface area contributed by atoms with Gasteiger partial charge in [0.15, 0.2) is 0 Å². The molecule has 0 aromatic rings. The van der Waals surface area contributed by atoms with Crippen molar-refractivity contribution < 1.29 is 32.9 Å². The Balaban J connectivity index is 3.77. The topological polar surface area (TPSA) is 108 Å². The summed E-state index contributed by atoms with van der Waals surface area (Å²) in [4.78, 5) is 25.0. The third kappa shape index (κ3) is 40.9. The van der Waals surface area contributed by atoms with Gasteiger partial charge in [0.1, 0.15) is 13.2 Å². The van der Waals surface area contributed by atoms with Gasteiger partial charge in [0.05, 0.1) is 39.9 Å². The Morgan fingerprint density at radius 2 is 1.04 bits per heavy atom. The number of likely N-dealkylation sites (N-methyl/N-ethyl adjacent to an activating group) is 1. The zero-order valence-electron chi connectivity index (χ0n) is 37.3. The molecule has 2 N–H and O–H groups in total. The molecule has 9 heteroatoms. The summed E-state index contributed by atoms with van der Waals surface area (Å²) in [6, 6.07) is -0.795. The molecule has 0 saturated carbocycles. The second-order valence-corrected chi connectivity index (χ2v) is 18.5. The van der Waals surface area contributed by atoms with Gasteiger partial charge in [-0.3, -0.25) is 9.36 Å². The average Bonchev–Trinajstić information content (AvgIpc) is 3.15. The van der Waals surface area contributed by atoms with E-state index in [0.717, 1.165) is 51.4 Å². The lowest BCUT2D eigenvalue weighted by Gasteiger charge is -2.30. The molecule has 1 amide bonds. The molecule has 0 saturated heterocycles. The lowest BCUT2D eigenvalue weighted by Crippen LogP contribution is -2.46. The van der Waals surface area contributed by atoms with E-state index in [9.17, 15) is 19.4 Å². The first-order valence-electron chi connectivity index (χ1n) is 23.3. The summed E-state index contributed by atoms with van der Waals surface area (Å²) in [7, 11) is 1.30. The normalized spacial score (nSPS) is 14.6. The second-order valence-electron chi connectivity index (χ2n) is 17.1. The van der Waals surface area contributed by atoms with Crippen LogP contribution in [-0.4, -0.2) is 68.5 Å². The van der Waals surface area contributed by atoms with Crippen molar-refractivity contribution in [1.29, 1.82) is 0 Å². The number of nitrogens with zero attached hydrogens (tertiary/aromatic N) is 1. The van der Waals surface area contributed by atoms with Crippen molar-refractivity contribution >= 4 is 13.7 Å². The molecule has 0 aliphatic carbocycles. The molecule has 0 radical (unpaired) electrons. The molecule has 330 valence electrons. The molecular formula is C47H91N2O6P. The highest BCUT2D eigenvalue weighted by Crippen LogP contribution is 2.38. The fourth-order valence-electron chi connectivity index (χ4n) is 6.63. The van der Waals surface area contributed by atoms with Gasteiger partial charge in [0, 0.05) is 6.42 Å². The zero-order chi connectivity index (χ0) is 41.4. The van der Waals surface area contributed by atoms with Crippen LogP contribution in [0.4, 0.5) is 0 Å². The van der Waals surface area contributed by atoms with Crippen LogP contribution in [0.25, 0.3) is 0 Å². The SMILES string of the molecule is CCCCCCC/C=C\C/C=C\C/C=C\CCCCCCCCCCCCCCCCCCC(=O)NC(COP(=O)([O-])OCC[N+](C)(C)C)C(O)CCCCC. The number of hydrogen-bond acceptors (Lipinski definition) is 6. The van der Waals surface area contributed by atoms with Gasteiger partial charge in [0.25, 0.3) is 7.82 Å². The van der Waals surface area contributed by atoms with Gasteiger partial charge in [-0.2, -0.15) is 0 Å². The first-order chi connectivity index (χ1) is 27.0. The number of hydrogen-bond donors (Lipinski definition) is 2. The van der Waals surface area contributed by atoms with Crippen LogP contribution in [0, 0.1) is 0 Å². The fraction of sp³-hybridized carbons (Fsp3) is 0.851. The van der Waals surface area contributed by atoms with Crippen LogP contribution < -0.4 is 10.2 Å². The maximum absolute atomic E-state index is 12.7. The van der Waals surface area contributed by atoms with E-state index < -0.39 is 20.0 Å². The highest BCUT2D eigenvalue weighted by atomic mass is 31.2. The number of unbranched alkanes of at least 4 members (excludes halogenated alkanes) is 23. The summed E-state index contributed by atoms with van der Waals surface area (Å²) in [6.45, 7) is 4.53. The van der Waals surface area contributed by atoms with Gasteiger partial charge in [-0.1, -0.05) is 185 Å². The number of nitrogens with one attached hydrogen (secondary N) is 1. The van der Waals surface area contributed by atoms with Crippen molar-refractivity contribution in [3.05, 3.63) is 36.5 Å². The van der Waals surface area contributed by atoms with E-state index in [2.05, 4.69) is 55.6 Å². The third-order valence-electron chi connectivity index (χ3n) is 10.4. The molecule has 0 heterocycles.